The van der Waals surface area contributed by atoms with Gasteiger partial charge < -0.3 is 19.5 Å². The molecule has 1 atom stereocenters. The summed E-state index contributed by atoms with van der Waals surface area (Å²) in [6.07, 6.45) is -0.175. The topological polar surface area (TPSA) is 117 Å². The Morgan fingerprint density at radius 2 is 1.61 bits per heavy atom. The molecule has 9 nitrogen and oxygen atoms in total. The number of hydrogen-bond donors (Lipinski definition) is 1. The summed E-state index contributed by atoms with van der Waals surface area (Å²) in [6, 6.07) is 12.7. The Labute approximate surface area is 212 Å². The van der Waals surface area contributed by atoms with E-state index in [4.69, 9.17) is 18.4 Å². The molecule has 0 saturated heterocycles. The van der Waals surface area contributed by atoms with E-state index in [1.807, 2.05) is 6.92 Å². The zero-order valence-electron chi connectivity index (χ0n) is 21.1. The molecule has 3 rings (SSSR count). The zero-order valence-corrected chi connectivity index (χ0v) is 22.0. The number of amides is 1. The third kappa shape index (κ3) is 7.96. The highest BCUT2D eigenvalue weighted by atomic mass is 32.2. The van der Waals surface area contributed by atoms with Crippen LogP contribution in [0.1, 0.15) is 44.7 Å². The minimum absolute atomic E-state index is 0.138. The van der Waals surface area contributed by atoms with Crippen LogP contribution in [-0.2, 0) is 35.0 Å². The number of aryl methyl sites for hydroxylation is 1. The lowest BCUT2D eigenvalue weighted by atomic mass is 9.92. The van der Waals surface area contributed by atoms with Crippen molar-refractivity contribution < 1.29 is 36.4 Å². The van der Waals surface area contributed by atoms with Crippen LogP contribution in [0.25, 0.3) is 0 Å². The first-order valence-corrected chi connectivity index (χ1v) is 13.1. The van der Waals surface area contributed by atoms with Gasteiger partial charge in [-0.25, -0.2) is 9.59 Å². The molecule has 1 saturated carbocycles. The average Bonchev–Trinajstić information content (AvgIpc) is 2.76. The van der Waals surface area contributed by atoms with Gasteiger partial charge in [-0.1, -0.05) is 29.8 Å². The molecule has 0 unspecified atom stereocenters. The standard InChI is InChI=1S/C26H33NO8S/c1-17-6-12-22(13-7-17)36(30,31)35-21-15-20(16-21)33-19-10-8-18(9-11-19)14-23(24(28)32-5)27-25(29)34-26(2,3)4/h6-13,20-21,23H,14-16H2,1-5H3,(H,27,29)/t20-,21-,23-/m0/s1. The molecule has 0 aliphatic heterocycles. The van der Waals surface area contributed by atoms with Crippen molar-refractivity contribution in [1.82, 2.24) is 5.32 Å². The van der Waals surface area contributed by atoms with Crippen LogP contribution in [0.15, 0.2) is 53.4 Å². The van der Waals surface area contributed by atoms with E-state index in [0.717, 1.165) is 11.1 Å². The Morgan fingerprint density at radius 1 is 1.00 bits per heavy atom. The van der Waals surface area contributed by atoms with Gasteiger partial charge in [0.1, 0.15) is 23.5 Å². The Bertz CT molecular complexity index is 1150. The minimum Gasteiger partial charge on any atom is -0.490 e. The Hall–Kier alpha value is -3.11. The van der Waals surface area contributed by atoms with Crippen molar-refractivity contribution in [2.45, 2.75) is 75.7 Å². The van der Waals surface area contributed by atoms with Crippen molar-refractivity contribution in [2.75, 3.05) is 7.11 Å². The van der Waals surface area contributed by atoms with E-state index in [1.54, 1.807) is 57.2 Å². The molecule has 1 N–H and O–H groups in total. The number of ether oxygens (including phenoxy) is 3. The molecule has 2 aromatic rings. The van der Waals surface area contributed by atoms with Gasteiger partial charge in [0.15, 0.2) is 0 Å². The van der Waals surface area contributed by atoms with E-state index in [1.165, 1.54) is 19.2 Å². The molecule has 1 aliphatic rings. The zero-order chi connectivity index (χ0) is 26.5. The lowest BCUT2D eigenvalue weighted by Crippen LogP contribution is -2.45. The minimum atomic E-state index is -3.81. The predicted octanol–water partition coefficient (Wildman–Crippen LogP) is 3.92. The van der Waals surface area contributed by atoms with E-state index in [-0.39, 0.29) is 17.4 Å². The summed E-state index contributed by atoms with van der Waals surface area (Å²) < 4.78 is 46.1. The molecule has 1 fully saturated rings. The van der Waals surface area contributed by atoms with Crippen LogP contribution >= 0.6 is 0 Å². The molecule has 10 heteroatoms. The van der Waals surface area contributed by atoms with Crippen molar-refractivity contribution in [2.24, 2.45) is 0 Å². The Balaban J connectivity index is 1.50. The second-order valence-electron chi connectivity index (χ2n) is 9.77. The van der Waals surface area contributed by atoms with Crippen molar-refractivity contribution >= 4 is 22.2 Å². The largest absolute Gasteiger partial charge is 0.490 e. The average molecular weight is 520 g/mol. The van der Waals surface area contributed by atoms with Gasteiger partial charge in [0.25, 0.3) is 10.1 Å². The molecule has 0 aromatic heterocycles. The van der Waals surface area contributed by atoms with E-state index >= 15 is 0 Å². The van der Waals surface area contributed by atoms with Gasteiger partial charge in [-0.15, -0.1) is 0 Å². The maximum Gasteiger partial charge on any atom is 0.408 e. The van der Waals surface area contributed by atoms with Crippen LogP contribution in [0, 0.1) is 6.92 Å². The highest BCUT2D eigenvalue weighted by Gasteiger charge is 2.36. The van der Waals surface area contributed by atoms with Gasteiger partial charge >= 0.3 is 12.1 Å². The maximum atomic E-state index is 12.4. The van der Waals surface area contributed by atoms with E-state index < -0.39 is 39.9 Å². The van der Waals surface area contributed by atoms with Crippen LogP contribution < -0.4 is 10.1 Å². The summed E-state index contributed by atoms with van der Waals surface area (Å²) in [6.45, 7) is 7.09. The van der Waals surface area contributed by atoms with Crippen LogP contribution in [0.3, 0.4) is 0 Å². The molecule has 1 aliphatic carbocycles. The molecule has 0 bridgehead atoms. The molecule has 196 valence electrons. The molecule has 2 aromatic carbocycles. The normalized spacial score (nSPS) is 18.5. The number of nitrogens with one attached hydrogen (secondary N) is 1. The Morgan fingerprint density at radius 3 is 2.17 bits per heavy atom. The highest BCUT2D eigenvalue weighted by Crippen LogP contribution is 2.31. The van der Waals surface area contributed by atoms with Crippen molar-refractivity contribution in [3.05, 3.63) is 59.7 Å². The first-order valence-electron chi connectivity index (χ1n) is 11.7. The number of alkyl carbamates (subject to hydrolysis) is 1. The number of methoxy groups -OCH3 is 1. The maximum absolute atomic E-state index is 12.4. The number of carbonyl (C=O) groups is 2. The number of rotatable bonds is 9. The number of hydrogen-bond acceptors (Lipinski definition) is 8. The van der Waals surface area contributed by atoms with Crippen LogP contribution in [0.2, 0.25) is 0 Å². The lowest BCUT2D eigenvalue weighted by Gasteiger charge is -2.34. The SMILES string of the molecule is COC(=O)[C@H](Cc1ccc(O[C@H]2C[C@H](OS(=O)(=O)c3ccc(C)cc3)C2)cc1)NC(=O)OC(C)(C)C. The summed E-state index contributed by atoms with van der Waals surface area (Å²) in [5.41, 5.74) is 1.06. The molecule has 0 radical (unpaired) electrons. The second-order valence-corrected chi connectivity index (χ2v) is 11.3. The van der Waals surface area contributed by atoms with Crippen molar-refractivity contribution in [1.29, 1.82) is 0 Å². The summed E-state index contributed by atoms with van der Waals surface area (Å²) in [5, 5.41) is 2.55. The van der Waals surface area contributed by atoms with E-state index in [9.17, 15) is 18.0 Å². The number of carbonyl (C=O) groups excluding carboxylic acids is 2. The third-order valence-corrected chi connectivity index (χ3v) is 6.84. The number of benzene rings is 2. The fourth-order valence-corrected chi connectivity index (χ4v) is 4.65. The van der Waals surface area contributed by atoms with E-state index in [0.29, 0.717) is 18.6 Å². The van der Waals surface area contributed by atoms with Gasteiger partial charge in [-0.3, -0.25) is 4.18 Å². The number of esters is 1. The van der Waals surface area contributed by atoms with Crippen molar-refractivity contribution in [3.8, 4) is 5.75 Å². The summed E-state index contributed by atoms with van der Waals surface area (Å²) >= 11 is 0. The third-order valence-electron chi connectivity index (χ3n) is 5.47. The molecule has 1 amide bonds. The molecule has 0 spiro atoms. The van der Waals surface area contributed by atoms with Crippen LogP contribution in [0.5, 0.6) is 5.75 Å². The van der Waals surface area contributed by atoms with Gasteiger partial charge in [0.2, 0.25) is 0 Å². The summed E-state index contributed by atoms with van der Waals surface area (Å²) in [4.78, 5) is 24.4. The summed E-state index contributed by atoms with van der Waals surface area (Å²) in [5.74, 6) is 0.0283. The predicted molar refractivity (Wildman–Crippen MR) is 132 cm³/mol. The fraction of sp³-hybridized carbons (Fsp3) is 0.462. The van der Waals surface area contributed by atoms with Crippen LogP contribution in [-0.4, -0.2) is 51.4 Å². The summed E-state index contributed by atoms with van der Waals surface area (Å²) in [7, 11) is -2.56. The van der Waals surface area contributed by atoms with Crippen molar-refractivity contribution in [3.63, 3.8) is 0 Å². The molecule has 36 heavy (non-hydrogen) atoms. The van der Waals surface area contributed by atoms with Gasteiger partial charge in [0.05, 0.1) is 18.1 Å². The first kappa shape index (κ1) is 27.5. The van der Waals surface area contributed by atoms with Gasteiger partial charge in [-0.2, -0.15) is 8.42 Å². The highest BCUT2D eigenvalue weighted by molar-refractivity contribution is 7.86. The molecule has 0 heterocycles. The lowest BCUT2D eigenvalue weighted by molar-refractivity contribution is -0.143. The smallest absolute Gasteiger partial charge is 0.408 e. The monoisotopic (exact) mass is 519 g/mol. The Kier molecular flexibility index (Phi) is 8.63. The fourth-order valence-electron chi connectivity index (χ4n) is 3.55. The van der Waals surface area contributed by atoms with Gasteiger partial charge in [0, 0.05) is 19.3 Å². The quantitative estimate of drug-likeness (QED) is 0.391. The molecular formula is C26H33NO8S. The van der Waals surface area contributed by atoms with Crippen LogP contribution in [0.4, 0.5) is 4.79 Å². The van der Waals surface area contributed by atoms with E-state index in [2.05, 4.69) is 5.32 Å². The first-order chi connectivity index (χ1) is 16.8. The second kappa shape index (κ2) is 11.3. The van der Waals surface area contributed by atoms with Gasteiger partial charge in [-0.05, 0) is 57.5 Å². The molecular weight excluding hydrogens is 486 g/mol.